The summed E-state index contributed by atoms with van der Waals surface area (Å²) in [4.78, 5) is 0. The minimum Gasteiger partial charge on any atom is -0.362 e. The molecule has 0 saturated carbocycles. The molecule has 2 aliphatic rings. The maximum absolute atomic E-state index is 4.73. The zero-order chi connectivity index (χ0) is 6.97. The van der Waals surface area contributed by atoms with E-state index < -0.39 is 0 Å². The SMILES string of the molecule is Cc1conc2nncc1-2. The van der Waals surface area contributed by atoms with Crippen LogP contribution in [0, 0.1) is 6.92 Å². The summed E-state index contributed by atoms with van der Waals surface area (Å²) in [5, 5.41) is 11.1. The second-order valence-corrected chi connectivity index (χ2v) is 2.08. The summed E-state index contributed by atoms with van der Waals surface area (Å²) in [5.74, 6) is 0.569. The van der Waals surface area contributed by atoms with Crippen molar-refractivity contribution in [2.45, 2.75) is 6.92 Å². The van der Waals surface area contributed by atoms with E-state index >= 15 is 0 Å². The predicted molar refractivity (Wildman–Crippen MR) is 33.5 cm³/mol. The first-order chi connectivity index (χ1) is 4.88. The van der Waals surface area contributed by atoms with E-state index in [2.05, 4.69) is 15.4 Å². The molecule has 4 nitrogen and oxygen atoms in total. The van der Waals surface area contributed by atoms with E-state index in [1.54, 1.807) is 12.5 Å². The molecule has 10 heavy (non-hydrogen) atoms. The Morgan fingerprint density at radius 2 is 2.40 bits per heavy atom. The molecule has 0 unspecified atom stereocenters. The van der Waals surface area contributed by atoms with Crippen molar-refractivity contribution in [3.05, 3.63) is 18.0 Å². The van der Waals surface area contributed by atoms with Gasteiger partial charge in [0.25, 0.3) is 0 Å². The Balaban J connectivity index is 2.80. The molecule has 0 atom stereocenters. The normalized spacial score (nSPS) is 10.5. The fraction of sp³-hybridized carbons (Fsp3) is 0.167. The molecule has 0 radical (unpaired) electrons. The van der Waals surface area contributed by atoms with Gasteiger partial charge in [0.05, 0.1) is 11.8 Å². The Morgan fingerprint density at radius 1 is 1.50 bits per heavy atom. The van der Waals surface area contributed by atoms with E-state index in [1.165, 1.54) is 0 Å². The lowest BCUT2D eigenvalue weighted by Crippen LogP contribution is -1.84. The van der Waals surface area contributed by atoms with Crippen LogP contribution in [0.4, 0.5) is 0 Å². The van der Waals surface area contributed by atoms with Crippen molar-refractivity contribution < 1.29 is 4.52 Å². The van der Waals surface area contributed by atoms with Crippen LogP contribution >= 0.6 is 0 Å². The van der Waals surface area contributed by atoms with Gasteiger partial charge in [-0.15, -0.1) is 5.10 Å². The largest absolute Gasteiger partial charge is 0.362 e. The van der Waals surface area contributed by atoms with Crippen LogP contribution in [0.5, 0.6) is 0 Å². The number of hydrogen-bond acceptors (Lipinski definition) is 4. The fourth-order valence-corrected chi connectivity index (χ4v) is 0.817. The zero-order valence-corrected chi connectivity index (χ0v) is 5.40. The van der Waals surface area contributed by atoms with Gasteiger partial charge in [-0.3, -0.25) is 0 Å². The van der Waals surface area contributed by atoms with Crippen LogP contribution < -0.4 is 0 Å². The number of aryl methyl sites for hydroxylation is 1. The van der Waals surface area contributed by atoms with Crippen LogP contribution in [-0.4, -0.2) is 15.4 Å². The molecule has 0 aromatic carbocycles. The number of fused-ring (bicyclic) bond motifs is 1. The first-order valence-corrected chi connectivity index (χ1v) is 2.90. The molecule has 2 rings (SSSR count). The van der Waals surface area contributed by atoms with Gasteiger partial charge in [0.2, 0.25) is 5.82 Å². The third-order valence-corrected chi connectivity index (χ3v) is 1.37. The maximum atomic E-state index is 4.73. The summed E-state index contributed by atoms with van der Waals surface area (Å²) < 4.78 is 4.73. The fourth-order valence-electron chi connectivity index (χ4n) is 0.817. The lowest BCUT2D eigenvalue weighted by Gasteiger charge is -1.93. The summed E-state index contributed by atoms with van der Waals surface area (Å²) in [5.41, 5.74) is 1.96. The molecule has 0 spiro atoms. The summed E-state index contributed by atoms with van der Waals surface area (Å²) >= 11 is 0. The minimum absolute atomic E-state index is 0.569. The van der Waals surface area contributed by atoms with Crippen molar-refractivity contribution in [3.8, 4) is 11.4 Å². The molecule has 0 amide bonds. The third-order valence-electron chi connectivity index (χ3n) is 1.37. The van der Waals surface area contributed by atoms with Gasteiger partial charge in [0.1, 0.15) is 6.26 Å². The quantitative estimate of drug-likeness (QED) is 0.538. The van der Waals surface area contributed by atoms with Crippen molar-refractivity contribution in [3.63, 3.8) is 0 Å². The van der Waals surface area contributed by atoms with Crippen LogP contribution in [0.15, 0.2) is 17.0 Å². The molecule has 2 heterocycles. The summed E-state index contributed by atoms with van der Waals surface area (Å²) in [6.07, 6.45) is 3.25. The van der Waals surface area contributed by atoms with Gasteiger partial charge in [0, 0.05) is 0 Å². The average Bonchev–Trinajstić information content (AvgIpc) is 2.36. The van der Waals surface area contributed by atoms with Gasteiger partial charge in [0.15, 0.2) is 0 Å². The lowest BCUT2D eigenvalue weighted by molar-refractivity contribution is 0.397. The minimum atomic E-state index is 0.569. The van der Waals surface area contributed by atoms with Crippen LogP contribution in [0.1, 0.15) is 5.56 Å². The average molecular weight is 135 g/mol. The second kappa shape index (κ2) is 1.76. The van der Waals surface area contributed by atoms with E-state index in [9.17, 15) is 0 Å². The molecule has 0 aromatic rings. The van der Waals surface area contributed by atoms with Crippen molar-refractivity contribution in [1.82, 2.24) is 15.4 Å². The molecule has 0 aliphatic carbocycles. The highest BCUT2D eigenvalue weighted by atomic mass is 16.5. The van der Waals surface area contributed by atoms with Crippen LogP contribution in [-0.2, 0) is 0 Å². The zero-order valence-electron chi connectivity index (χ0n) is 5.40. The monoisotopic (exact) mass is 135 g/mol. The van der Waals surface area contributed by atoms with Crippen molar-refractivity contribution >= 4 is 0 Å². The van der Waals surface area contributed by atoms with Gasteiger partial charge in [-0.25, -0.2) is 0 Å². The van der Waals surface area contributed by atoms with Gasteiger partial charge >= 0.3 is 0 Å². The predicted octanol–water partition coefficient (Wildman–Crippen LogP) is 0.878. The molecular weight excluding hydrogens is 130 g/mol. The van der Waals surface area contributed by atoms with Gasteiger partial charge in [-0.05, 0) is 12.5 Å². The molecule has 0 aromatic heterocycles. The number of rotatable bonds is 0. The number of nitrogens with zero attached hydrogens (tertiary/aromatic N) is 3. The standard InChI is InChI=1S/C6H5N3O/c1-4-3-10-9-6-5(4)2-7-8-6/h2-3H,1H3. The first-order valence-electron chi connectivity index (χ1n) is 2.90. The van der Waals surface area contributed by atoms with Gasteiger partial charge in [-0.1, -0.05) is 5.16 Å². The van der Waals surface area contributed by atoms with E-state index in [4.69, 9.17) is 4.52 Å². The summed E-state index contributed by atoms with van der Waals surface area (Å²) in [6.45, 7) is 1.93. The highest BCUT2D eigenvalue weighted by Crippen LogP contribution is 2.18. The second-order valence-electron chi connectivity index (χ2n) is 2.08. The molecule has 0 bridgehead atoms. The smallest absolute Gasteiger partial charge is 0.222 e. The Kier molecular flexibility index (Phi) is 0.943. The van der Waals surface area contributed by atoms with Crippen molar-refractivity contribution in [2.24, 2.45) is 0 Å². The Hall–Kier alpha value is -1.45. The molecule has 0 saturated heterocycles. The molecule has 2 aliphatic heterocycles. The first kappa shape index (κ1) is 5.34. The molecule has 0 fully saturated rings. The van der Waals surface area contributed by atoms with Gasteiger partial charge in [-0.2, -0.15) is 5.10 Å². The van der Waals surface area contributed by atoms with Gasteiger partial charge < -0.3 is 4.52 Å². The Labute approximate surface area is 57.2 Å². The van der Waals surface area contributed by atoms with Crippen LogP contribution in [0.2, 0.25) is 0 Å². The Bertz CT molecular complexity index is 317. The summed E-state index contributed by atoms with van der Waals surface area (Å²) in [6, 6.07) is 0. The molecule has 0 N–H and O–H groups in total. The molecule has 4 heteroatoms. The van der Waals surface area contributed by atoms with Crippen molar-refractivity contribution in [1.29, 1.82) is 0 Å². The summed E-state index contributed by atoms with van der Waals surface area (Å²) in [7, 11) is 0. The maximum Gasteiger partial charge on any atom is 0.222 e. The lowest BCUT2D eigenvalue weighted by atomic mass is 10.2. The van der Waals surface area contributed by atoms with Crippen molar-refractivity contribution in [2.75, 3.05) is 0 Å². The highest BCUT2D eigenvalue weighted by Gasteiger charge is 2.09. The van der Waals surface area contributed by atoms with Crippen LogP contribution in [0.25, 0.3) is 11.4 Å². The topological polar surface area (TPSA) is 51.8 Å². The molecular formula is C6H5N3O. The molecule has 50 valence electrons. The number of hydrogen-bond donors (Lipinski definition) is 0. The van der Waals surface area contributed by atoms with E-state index in [-0.39, 0.29) is 0 Å². The van der Waals surface area contributed by atoms with E-state index in [1.807, 2.05) is 6.92 Å². The highest BCUT2D eigenvalue weighted by molar-refractivity contribution is 5.57. The van der Waals surface area contributed by atoms with Crippen LogP contribution in [0.3, 0.4) is 0 Å². The van der Waals surface area contributed by atoms with E-state index in [0.717, 1.165) is 11.1 Å². The number of aromatic nitrogens is 3. The third kappa shape index (κ3) is 0.586. The van der Waals surface area contributed by atoms with E-state index in [0.29, 0.717) is 5.82 Å². The Morgan fingerprint density at radius 3 is 3.20 bits per heavy atom.